The summed E-state index contributed by atoms with van der Waals surface area (Å²) in [7, 11) is 2.03. The number of ether oxygens (including phenoxy) is 1. The Morgan fingerprint density at radius 3 is 2.28 bits per heavy atom. The molecule has 25 heavy (non-hydrogen) atoms. The van der Waals surface area contributed by atoms with E-state index in [0.29, 0.717) is 37.9 Å². The standard InChI is InChI=1S/C15H25N7O3/c1-10-8-21(9-11(2)25-10)15-17-13(16)12(22(23)24)14(18-15)20-6-4-19(3)5-7-20/h10-11H,4-9H2,1-3H3,(H2,16,17,18)/t10-,11+. The summed E-state index contributed by atoms with van der Waals surface area (Å²) in [6, 6.07) is 0. The van der Waals surface area contributed by atoms with Gasteiger partial charge in [-0.3, -0.25) is 10.1 Å². The van der Waals surface area contributed by atoms with Gasteiger partial charge in [0.05, 0.1) is 17.1 Å². The zero-order valence-electron chi connectivity index (χ0n) is 14.9. The highest BCUT2D eigenvalue weighted by atomic mass is 16.6. The lowest BCUT2D eigenvalue weighted by Gasteiger charge is -2.36. The summed E-state index contributed by atoms with van der Waals surface area (Å²) < 4.78 is 5.74. The first kappa shape index (κ1) is 17.6. The van der Waals surface area contributed by atoms with Crippen LogP contribution in [0.2, 0.25) is 0 Å². The average Bonchev–Trinajstić information content (AvgIpc) is 2.53. The minimum Gasteiger partial charge on any atom is -0.378 e. The van der Waals surface area contributed by atoms with E-state index in [4.69, 9.17) is 10.5 Å². The van der Waals surface area contributed by atoms with E-state index in [2.05, 4.69) is 14.9 Å². The van der Waals surface area contributed by atoms with Gasteiger partial charge < -0.3 is 25.2 Å². The van der Waals surface area contributed by atoms with Crippen molar-refractivity contribution in [2.24, 2.45) is 0 Å². The van der Waals surface area contributed by atoms with E-state index in [1.54, 1.807) is 0 Å². The molecule has 2 N–H and O–H groups in total. The van der Waals surface area contributed by atoms with Gasteiger partial charge >= 0.3 is 5.69 Å². The minimum absolute atomic E-state index is 0.0378. The molecular weight excluding hydrogens is 326 g/mol. The molecule has 1 aromatic rings. The van der Waals surface area contributed by atoms with Gasteiger partial charge in [0.25, 0.3) is 0 Å². The number of likely N-dealkylation sites (N-methyl/N-ethyl adjacent to an activating group) is 1. The van der Waals surface area contributed by atoms with Crippen LogP contribution in [0.5, 0.6) is 0 Å². The van der Waals surface area contributed by atoms with Crippen LogP contribution in [0.15, 0.2) is 0 Å². The Morgan fingerprint density at radius 1 is 1.12 bits per heavy atom. The second-order valence-electron chi connectivity index (χ2n) is 6.79. The molecule has 2 fully saturated rings. The van der Waals surface area contributed by atoms with Crippen molar-refractivity contribution in [1.82, 2.24) is 14.9 Å². The van der Waals surface area contributed by atoms with Crippen molar-refractivity contribution in [2.45, 2.75) is 26.1 Å². The fourth-order valence-electron chi connectivity index (χ4n) is 3.34. The highest BCUT2D eigenvalue weighted by Crippen LogP contribution is 2.34. The quantitative estimate of drug-likeness (QED) is 0.608. The molecule has 0 amide bonds. The molecule has 0 saturated carbocycles. The summed E-state index contributed by atoms with van der Waals surface area (Å²) in [5, 5.41) is 11.5. The number of hydrogen-bond donors (Lipinski definition) is 1. The summed E-state index contributed by atoms with van der Waals surface area (Å²) in [5.74, 6) is 0.655. The van der Waals surface area contributed by atoms with Crippen molar-refractivity contribution in [3.63, 3.8) is 0 Å². The number of nitro groups is 1. The van der Waals surface area contributed by atoms with Gasteiger partial charge in [0.15, 0.2) is 0 Å². The number of anilines is 3. The lowest BCUT2D eigenvalue weighted by Crippen LogP contribution is -2.47. The first-order chi connectivity index (χ1) is 11.8. The normalized spacial score (nSPS) is 25.2. The molecule has 10 nitrogen and oxygen atoms in total. The number of nitrogens with zero attached hydrogens (tertiary/aromatic N) is 6. The smallest absolute Gasteiger partial charge is 0.353 e. The molecule has 10 heteroatoms. The van der Waals surface area contributed by atoms with Crippen LogP contribution in [0.1, 0.15) is 13.8 Å². The van der Waals surface area contributed by atoms with Crippen molar-refractivity contribution >= 4 is 23.3 Å². The van der Waals surface area contributed by atoms with E-state index in [1.165, 1.54) is 0 Å². The fraction of sp³-hybridized carbons (Fsp3) is 0.733. The molecule has 2 atom stereocenters. The molecule has 0 spiro atoms. The van der Waals surface area contributed by atoms with E-state index >= 15 is 0 Å². The van der Waals surface area contributed by atoms with Gasteiger partial charge in [-0.15, -0.1) is 0 Å². The summed E-state index contributed by atoms with van der Waals surface area (Å²) in [4.78, 5) is 25.9. The van der Waals surface area contributed by atoms with Crippen LogP contribution in [-0.4, -0.2) is 78.3 Å². The highest BCUT2D eigenvalue weighted by molar-refractivity contribution is 5.71. The van der Waals surface area contributed by atoms with Gasteiger partial charge in [0, 0.05) is 39.3 Å². The molecule has 2 aliphatic rings. The number of rotatable bonds is 3. The van der Waals surface area contributed by atoms with Crippen molar-refractivity contribution in [3.8, 4) is 0 Å². The molecule has 3 heterocycles. The number of morpholine rings is 1. The second kappa shape index (κ2) is 6.96. The number of nitrogens with two attached hydrogens (primary N) is 1. The summed E-state index contributed by atoms with van der Waals surface area (Å²) in [6.45, 7) is 8.21. The first-order valence-corrected chi connectivity index (χ1v) is 8.51. The third-order valence-corrected chi connectivity index (χ3v) is 4.57. The van der Waals surface area contributed by atoms with Gasteiger partial charge in [0.2, 0.25) is 17.6 Å². The van der Waals surface area contributed by atoms with Crippen LogP contribution in [0.25, 0.3) is 0 Å². The number of hydrogen-bond acceptors (Lipinski definition) is 9. The lowest BCUT2D eigenvalue weighted by molar-refractivity contribution is -0.383. The molecule has 0 unspecified atom stereocenters. The van der Waals surface area contributed by atoms with Crippen molar-refractivity contribution in [3.05, 3.63) is 10.1 Å². The molecule has 2 aliphatic heterocycles. The lowest BCUT2D eigenvalue weighted by atomic mass is 10.2. The zero-order valence-corrected chi connectivity index (χ0v) is 14.9. The molecular formula is C15H25N7O3. The van der Waals surface area contributed by atoms with E-state index in [9.17, 15) is 10.1 Å². The maximum Gasteiger partial charge on any atom is 0.353 e. The largest absolute Gasteiger partial charge is 0.378 e. The molecule has 138 valence electrons. The Balaban J connectivity index is 1.97. The van der Waals surface area contributed by atoms with Gasteiger partial charge in [-0.05, 0) is 20.9 Å². The zero-order chi connectivity index (χ0) is 18.1. The molecule has 1 aromatic heterocycles. The fourth-order valence-corrected chi connectivity index (χ4v) is 3.34. The SMILES string of the molecule is C[C@@H]1CN(c2nc(N)c([N+](=O)[O-])c(N3CCN(C)CC3)n2)C[C@H](C)O1. The maximum absolute atomic E-state index is 11.5. The van der Waals surface area contributed by atoms with Gasteiger partial charge in [-0.2, -0.15) is 9.97 Å². The molecule has 0 aromatic carbocycles. The Labute approximate surface area is 146 Å². The number of nitrogen functional groups attached to an aromatic ring is 1. The van der Waals surface area contributed by atoms with Crippen LogP contribution < -0.4 is 15.5 Å². The van der Waals surface area contributed by atoms with Crippen molar-refractivity contribution in [1.29, 1.82) is 0 Å². The van der Waals surface area contributed by atoms with Crippen LogP contribution in [-0.2, 0) is 4.74 Å². The Hall–Kier alpha value is -2.20. The Morgan fingerprint density at radius 2 is 1.72 bits per heavy atom. The van der Waals surface area contributed by atoms with Crippen LogP contribution >= 0.6 is 0 Å². The van der Waals surface area contributed by atoms with Crippen LogP contribution in [0.4, 0.5) is 23.3 Å². The van der Waals surface area contributed by atoms with E-state index in [-0.39, 0.29) is 23.7 Å². The monoisotopic (exact) mass is 351 g/mol. The third-order valence-electron chi connectivity index (χ3n) is 4.57. The molecule has 0 aliphatic carbocycles. The van der Waals surface area contributed by atoms with Gasteiger partial charge in [0.1, 0.15) is 0 Å². The topological polar surface area (TPSA) is 114 Å². The summed E-state index contributed by atoms with van der Waals surface area (Å²) in [5.41, 5.74) is 5.74. The summed E-state index contributed by atoms with van der Waals surface area (Å²) >= 11 is 0. The van der Waals surface area contributed by atoms with Crippen molar-refractivity contribution < 1.29 is 9.66 Å². The third kappa shape index (κ3) is 3.74. The molecule has 0 radical (unpaired) electrons. The molecule has 2 saturated heterocycles. The van der Waals surface area contributed by atoms with Crippen LogP contribution in [0.3, 0.4) is 0 Å². The predicted octanol–water partition coefficient (Wildman–Crippen LogP) is 0.332. The summed E-state index contributed by atoms with van der Waals surface area (Å²) in [6.07, 6.45) is 0.0757. The maximum atomic E-state index is 11.5. The van der Waals surface area contributed by atoms with Crippen molar-refractivity contribution in [2.75, 3.05) is 61.8 Å². The van der Waals surface area contributed by atoms with E-state index in [1.807, 2.05) is 30.7 Å². The van der Waals surface area contributed by atoms with Gasteiger partial charge in [-0.1, -0.05) is 0 Å². The number of aromatic nitrogens is 2. The predicted molar refractivity (Wildman–Crippen MR) is 95.0 cm³/mol. The minimum atomic E-state index is -0.489. The van der Waals surface area contributed by atoms with E-state index in [0.717, 1.165) is 13.1 Å². The first-order valence-electron chi connectivity index (χ1n) is 8.51. The van der Waals surface area contributed by atoms with E-state index < -0.39 is 4.92 Å². The Kier molecular flexibility index (Phi) is 4.91. The highest BCUT2D eigenvalue weighted by Gasteiger charge is 2.32. The Bertz CT molecular complexity index is 638. The van der Waals surface area contributed by atoms with Crippen LogP contribution in [0, 0.1) is 10.1 Å². The molecule has 3 rings (SSSR count). The second-order valence-corrected chi connectivity index (χ2v) is 6.79. The average molecular weight is 351 g/mol. The molecule has 0 bridgehead atoms. The number of piperazine rings is 1. The van der Waals surface area contributed by atoms with Gasteiger partial charge in [-0.25, -0.2) is 0 Å².